The van der Waals surface area contributed by atoms with Crippen LogP contribution < -0.4 is 9.47 Å². The summed E-state index contributed by atoms with van der Waals surface area (Å²) in [7, 11) is 0. The molecule has 0 bridgehead atoms. The first-order valence-electron chi connectivity index (χ1n) is 17.7. The van der Waals surface area contributed by atoms with Crippen LogP contribution in [0.1, 0.15) is 91.6 Å². The van der Waals surface area contributed by atoms with Crippen LogP contribution in [0.4, 0.5) is 26.3 Å². The Kier molecular flexibility index (Phi) is 12.3. The highest BCUT2D eigenvalue weighted by atomic mass is 32.1. The second-order valence-corrected chi connectivity index (χ2v) is 14.5. The molecule has 0 N–H and O–H groups in total. The fourth-order valence-electron chi connectivity index (χ4n) is 7.39. The van der Waals surface area contributed by atoms with Crippen LogP contribution in [0.25, 0.3) is 0 Å². The van der Waals surface area contributed by atoms with Crippen LogP contribution in [0.5, 0.6) is 11.5 Å². The zero-order valence-corrected chi connectivity index (χ0v) is 30.6. The van der Waals surface area contributed by atoms with Gasteiger partial charge >= 0.3 is 12.4 Å². The Labute approximate surface area is 312 Å². The molecule has 3 aromatic rings. The van der Waals surface area contributed by atoms with Crippen molar-refractivity contribution in [2.75, 3.05) is 26.2 Å². The molecule has 0 unspecified atom stereocenters. The smallest absolute Gasteiger partial charge is 0.425 e. The Bertz CT molecular complexity index is 1870. The van der Waals surface area contributed by atoms with Gasteiger partial charge in [0.2, 0.25) is 5.60 Å². The van der Waals surface area contributed by atoms with Gasteiger partial charge in [0.25, 0.3) is 11.8 Å². The summed E-state index contributed by atoms with van der Waals surface area (Å²) >= 11 is 0.371. The number of Topliss-reactive ketones (excluding diaryl/α,β-unsaturated/α-hetero) is 1. The summed E-state index contributed by atoms with van der Waals surface area (Å²) in [5.74, 6) is -1.43. The first-order chi connectivity index (χ1) is 25.6. The summed E-state index contributed by atoms with van der Waals surface area (Å²) in [4.78, 5) is 45.8. The SMILES string of the molecule is CCC[C@H]1N(C(=O)c2cnccc2C(F)(F)F)CCC[C@@]1(Oc1csc(C(F)(F)F)c1)C(=O)N1CCC(C#N)(c2ccccc2OCCCC(C)=O)CC1. The highest BCUT2D eigenvalue weighted by Crippen LogP contribution is 2.45. The minimum absolute atomic E-state index is 0.0220. The van der Waals surface area contributed by atoms with Crippen LogP contribution in [0.15, 0.2) is 54.2 Å². The average Bonchev–Trinajstić information content (AvgIpc) is 3.63. The van der Waals surface area contributed by atoms with Crippen molar-refractivity contribution in [3.05, 3.63) is 75.7 Å². The van der Waals surface area contributed by atoms with Gasteiger partial charge < -0.3 is 24.1 Å². The normalized spacial score (nSPS) is 20.2. The third-order valence-corrected chi connectivity index (χ3v) is 11.0. The number of nitriles is 1. The first kappa shape index (κ1) is 40.5. The number of rotatable bonds is 12. The minimum atomic E-state index is -4.89. The Morgan fingerprint density at radius 1 is 1.04 bits per heavy atom. The number of amides is 2. The van der Waals surface area contributed by atoms with Crippen molar-refractivity contribution in [1.82, 2.24) is 14.8 Å². The summed E-state index contributed by atoms with van der Waals surface area (Å²) < 4.78 is 95.6. The lowest BCUT2D eigenvalue weighted by atomic mass is 9.72. The highest BCUT2D eigenvalue weighted by Gasteiger charge is 2.57. The second-order valence-electron chi connectivity index (χ2n) is 13.6. The largest absolute Gasteiger partial charge is 0.493 e. The summed E-state index contributed by atoms with van der Waals surface area (Å²) in [6.45, 7) is 3.51. The lowest BCUT2D eigenvalue weighted by molar-refractivity contribution is -0.160. The van der Waals surface area contributed by atoms with E-state index in [2.05, 4.69) is 11.1 Å². The van der Waals surface area contributed by atoms with Gasteiger partial charge in [0.15, 0.2) is 0 Å². The van der Waals surface area contributed by atoms with Gasteiger partial charge in [-0.2, -0.15) is 31.6 Å². The van der Waals surface area contributed by atoms with Crippen LogP contribution in [-0.2, 0) is 27.4 Å². The topological polar surface area (TPSA) is 113 Å². The van der Waals surface area contributed by atoms with Crippen LogP contribution in [0, 0.1) is 11.3 Å². The van der Waals surface area contributed by atoms with Gasteiger partial charge in [-0.1, -0.05) is 31.5 Å². The number of likely N-dealkylation sites (tertiary alicyclic amines) is 2. The molecule has 2 saturated heterocycles. The summed E-state index contributed by atoms with van der Waals surface area (Å²) in [5, 5.41) is 11.7. The number of halogens is 6. The number of thiophene rings is 1. The predicted octanol–water partition coefficient (Wildman–Crippen LogP) is 8.24. The molecule has 5 rings (SSSR count). The van der Waals surface area contributed by atoms with E-state index in [1.165, 1.54) is 11.8 Å². The van der Waals surface area contributed by atoms with Gasteiger partial charge in [-0.3, -0.25) is 14.6 Å². The molecule has 290 valence electrons. The third kappa shape index (κ3) is 8.51. The third-order valence-electron chi connectivity index (χ3n) is 10.0. The Hall–Kier alpha value is -4.65. The molecule has 2 atom stereocenters. The molecule has 4 heterocycles. The predicted molar refractivity (Wildman–Crippen MR) is 186 cm³/mol. The number of piperidine rings is 2. The van der Waals surface area contributed by atoms with Gasteiger partial charge in [-0.15, -0.1) is 11.3 Å². The Balaban J connectivity index is 1.50. The van der Waals surface area contributed by atoms with Crippen LogP contribution in [-0.4, -0.2) is 70.3 Å². The van der Waals surface area contributed by atoms with E-state index in [4.69, 9.17) is 9.47 Å². The van der Waals surface area contributed by atoms with Crippen molar-refractivity contribution in [3.8, 4) is 17.6 Å². The number of carbonyl (C=O) groups is 3. The molecule has 0 spiro atoms. The number of hydrogen-bond acceptors (Lipinski definition) is 8. The monoisotopic (exact) mass is 778 g/mol. The van der Waals surface area contributed by atoms with Crippen molar-refractivity contribution in [1.29, 1.82) is 5.26 Å². The number of benzene rings is 1. The highest BCUT2D eigenvalue weighted by molar-refractivity contribution is 7.10. The second kappa shape index (κ2) is 16.4. The van der Waals surface area contributed by atoms with Crippen LogP contribution in [0.3, 0.4) is 0 Å². The molecule has 1 aromatic carbocycles. The van der Waals surface area contributed by atoms with Gasteiger partial charge in [0, 0.05) is 61.9 Å². The number of hydrogen-bond donors (Lipinski definition) is 0. The molecular formula is C38H40F6N4O5S. The summed E-state index contributed by atoms with van der Waals surface area (Å²) in [6, 6.07) is 9.74. The first-order valence-corrected chi connectivity index (χ1v) is 18.5. The van der Waals surface area contributed by atoms with Gasteiger partial charge in [-0.05, 0) is 51.2 Å². The number of carbonyl (C=O) groups excluding carboxylic acids is 3. The molecule has 54 heavy (non-hydrogen) atoms. The van der Waals surface area contributed by atoms with E-state index in [1.54, 1.807) is 31.2 Å². The van der Waals surface area contributed by atoms with E-state index < -0.39 is 57.2 Å². The molecule has 16 heteroatoms. The molecule has 2 fully saturated rings. The molecule has 0 radical (unpaired) electrons. The Morgan fingerprint density at radius 3 is 2.39 bits per heavy atom. The summed E-state index contributed by atoms with van der Waals surface area (Å²) in [6.07, 6.45) is -6.23. The average molecular weight is 779 g/mol. The van der Waals surface area contributed by atoms with Crippen molar-refractivity contribution < 1.29 is 50.2 Å². The molecule has 9 nitrogen and oxygen atoms in total. The fraction of sp³-hybridized carbons (Fsp3) is 0.500. The number of nitrogens with zero attached hydrogens (tertiary/aromatic N) is 4. The molecule has 0 aliphatic carbocycles. The van der Waals surface area contributed by atoms with Gasteiger partial charge in [-0.25, -0.2) is 0 Å². The number of pyridine rings is 1. The lowest BCUT2D eigenvalue weighted by Gasteiger charge is -2.51. The molecular weight excluding hydrogens is 738 g/mol. The van der Waals surface area contributed by atoms with E-state index in [1.807, 2.05) is 0 Å². The van der Waals surface area contributed by atoms with Crippen LogP contribution in [0.2, 0.25) is 0 Å². The van der Waals surface area contributed by atoms with E-state index in [-0.39, 0.29) is 69.9 Å². The number of alkyl halides is 6. The van der Waals surface area contributed by atoms with E-state index in [9.17, 15) is 46.0 Å². The van der Waals surface area contributed by atoms with E-state index >= 15 is 0 Å². The zero-order valence-electron chi connectivity index (χ0n) is 29.8. The van der Waals surface area contributed by atoms with Crippen molar-refractivity contribution in [3.63, 3.8) is 0 Å². The fourth-order valence-corrected chi connectivity index (χ4v) is 8.07. The molecule has 2 aromatic heterocycles. The van der Waals surface area contributed by atoms with Crippen molar-refractivity contribution in [2.45, 2.75) is 94.6 Å². The Morgan fingerprint density at radius 2 is 1.76 bits per heavy atom. The maximum Gasteiger partial charge on any atom is 0.425 e. The number of ether oxygens (including phenoxy) is 2. The standard InChI is InChI=1S/C38H40F6N4O5S/c1-3-8-31-36(53-26-21-32(54-23-26)38(42,43)44,13-7-17-48(31)33(50)27-22-46-16-12-28(27)37(39,40)41)34(51)47-18-14-35(24-45,15-19-47)29-10-4-5-11-30(29)52-20-6-9-25(2)49/h4-5,10-12,16,21-23,31H,3,6-9,13-15,17-20H2,1-2H3/t31-,36+/m1/s1. The van der Waals surface area contributed by atoms with E-state index in [0.717, 1.165) is 28.7 Å². The molecule has 0 saturated carbocycles. The summed E-state index contributed by atoms with van der Waals surface area (Å²) in [5.41, 5.74) is -4.37. The minimum Gasteiger partial charge on any atom is -0.493 e. The maximum absolute atomic E-state index is 14.9. The van der Waals surface area contributed by atoms with Gasteiger partial charge in [0.05, 0.1) is 35.3 Å². The molecule has 2 amide bonds. The lowest BCUT2D eigenvalue weighted by Crippen LogP contribution is -2.68. The molecule has 2 aliphatic rings. The maximum atomic E-state index is 14.9. The number of aromatic nitrogens is 1. The van der Waals surface area contributed by atoms with E-state index in [0.29, 0.717) is 48.0 Å². The van der Waals surface area contributed by atoms with Crippen molar-refractivity contribution >= 4 is 28.9 Å². The number of para-hydroxylation sites is 1. The van der Waals surface area contributed by atoms with Gasteiger partial charge in [0.1, 0.15) is 22.2 Å². The van der Waals surface area contributed by atoms with Crippen LogP contribution >= 0.6 is 11.3 Å². The zero-order chi connectivity index (χ0) is 39.3. The quantitative estimate of drug-likeness (QED) is 0.135. The molecule has 2 aliphatic heterocycles. The van der Waals surface area contributed by atoms with Crippen molar-refractivity contribution in [2.24, 2.45) is 0 Å². The number of ketones is 1.